The number of halogens is 1. The molecule has 2 N–H and O–H groups in total. The third kappa shape index (κ3) is 3.04. The maximum atomic E-state index is 12.0. The van der Waals surface area contributed by atoms with Crippen LogP contribution in [0.1, 0.15) is 21.7 Å². The Morgan fingerprint density at radius 1 is 1.48 bits per heavy atom. The van der Waals surface area contributed by atoms with Gasteiger partial charge in [0.1, 0.15) is 4.47 Å². The Labute approximate surface area is 134 Å². The quantitative estimate of drug-likeness (QED) is 0.847. The summed E-state index contributed by atoms with van der Waals surface area (Å²) in [6.45, 7) is 0.795. The molecule has 0 bridgehead atoms. The Bertz CT molecular complexity index is 689. The molecule has 0 atom stereocenters. The van der Waals surface area contributed by atoms with E-state index in [1.807, 2.05) is 11.3 Å². The molecule has 7 heteroatoms. The lowest BCUT2D eigenvalue weighted by Crippen LogP contribution is -2.25. The molecule has 0 unspecified atom stereocenters. The molecule has 0 aromatic carbocycles. The fourth-order valence-electron chi connectivity index (χ4n) is 2.50. The second-order valence-corrected chi connectivity index (χ2v) is 7.01. The molecule has 21 heavy (non-hydrogen) atoms. The number of thiophene rings is 1. The minimum Gasteiger partial charge on any atom is -0.394 e. The Morgan fingerprint density at radius 3 is 3.10 bits per heavy atom. The Kier molecular flexibility index (Phi) is 4.42. The van der Waals surface area contributed by atoms with Crippen molar-refractivity contribution in [3.05, 3.63) is 42.4 Å². The smallest absolute Gasteiger partial charge is 0.283 e. The lowest BCUT2D eigenvalue weighted by molar-refractivity contribution is 0.266. The van der Waals surface area contributed by atoms with Crippen molar-refractivity contribution in [3.63, 3.8) is 0 Å². The van der Waals surface area contributed by atoms with Crippen molar-refractivity contribution in [1.82, 2.24) is 9.78 Å². The van der Waals surface area contributed by atoms with Gasteiger partial charge in [0.2, 0.25) is 0 Å². The van der Waals surface area contributed by atoms with Crippen LogP contribution in [0.15, 0.2) is 21.5 Å². The zero-order chi connectivity index (χ0) is 14.8. The third-order valence-corrected chi connectivity index (χ3v) is 5.55. The Morgan fingerprint density at radius 2 is 2.33 bits per heavy atom. The molecule has 1 aliphatic rings. The van der Waals surface area contributed by atoms with Crippen LogP contribution in [0.5, 0.6) is 0 Å². The van der Waals surface area contributed by atoms with Gasteiger partial charge in [-0.25, -0.2) is 4.68 Å². The number of aryl methyl sites for hydroxylation is 2. The van der Waals surface area contributed by atoms with Gasteiger partial charge in [-0.2, -0.15) is 5.10 Å². The number of aromatic nitrogens is 2. The topological polar surface area (TPSA) is 67.2 Å². The second kappa shape index (κ2) is 6.29. The van der Waals surface area contributed by atoms with E-state index >= 15 is 0 Å². The highest BCUT2D eigenvalue weighted by Crippen LogP contribution is 2.31. The first-order chi connectivity index (χ1) is 10.2. The highest BCUT2D eigenvalue weighted by atomic mass is 79.9. The van der Waals surface area contributed by atoms with Gasteiger partial charge in [-0.05, 0) is 46.8 Å². The largest absolute Gasteiger partial charge is 0.394 e. The van der Waals surface area contributed by atoms with Crippen LogP contribution in [0.4, 0.5) is 5.69 Å². The predicted octanol–water partition coefficient (Wildman–Crippen LogP) is 2.16. The SMILES string of the molecule is O=c1c(Br)c(NCc2cc3c(s2)CCC3)cnn1CCO. The number of hydrogen-bond acceptors (Lipinski definition) is 5. The standard InChI is InChI=1S/C14H16BrN3O2S/c15-13-11(8-17-18(4-5-19)14(13)20)16-7-10-6-9-2-1-3-12(9)21-10/h6,8,16,19H,1-5,7H2. The van der Waals surface area contributed by atoms with Gasteiger partial charge in [0.15, 0.2) is 0 Å². The molecular formula is C14H16BrN3O2S. The van der Waals surface area contributed by atoms with Crippen LogP contribution in [-0.4, -0.2) is 21.5 Å². The van der Waals surface area contributed by atoms with Gasteiger partial charge in [0.05, 0.1) is 25.0 Å². The van der Waals surface area contributed by atoms with E-state index in [0.29, 0.717) is 16.7 Å². The highest BCUT2D eigenvalue weighted by Gasteiger charge is 2.15. The van der Waals surface area contributed by atoms with Crippen molar-refractivity contribution in [2.75, 3.05) is 11.9 Å². The van der Waals surface area contributed by atoms with E-state index < -0.39 is 0 Å². The number of nitrogens with one attached hydrogen (secondary N) is 1. The molecule has 112 valence electrons. The summed E-state index contributed by atoms with van der Waals surface area (Å²) in [5.41, 5.74) is 1.93. The molecular weight excluding hydrogens is 354 g/mol. The second-order valence-electron chi connectivity index (χ2n) is 4.99. The third-order valence-electron chi connectivity index (χ3n) is 3.55. The van der Waals surface area contributed by atoms with Gasteiger partial charge in [-0.1, -0.05) is 0 Å². The molecule has 0 aliphatic heterocycles. The van der Waals surface area contributed by atoms with Crippen LogP contribution in [0, 0.1) is 0 Å². The van der Waals surface area contributed by atoms with Crippen LogP contribution < -0.4 is 10.9 Å². The van der Waals surface area contributed by atoms with E-state index in [0.717, 1.165) is 0 Å². The average molecular weight is 370 g/mol. The molecule has 0 saturated heterocycles. The molecule has 0 fully saturated rings. The van der Waals surface area contributed by atoms with Gasteiger partial charge < -0.3 is 10.4 Å². The summed E-state index contributed by atoms with van der Waals surface area (Å²) in [7, 11) is 0. The van der Waals surface area contributed by atoms with E-state index in [1.165, 1.54) is 39.3 Å². The number of aliphatic hydroxyl groups excluding tert-OH is 1. The average Bonchev–Trinajstić information content (AvgIpc) is 3.04. The van der Waals surface area contributed by atoms with Crippen LogP contribution in [0.2, 0.25) is 0 Å². The van der Waals surface area contributed by atoms with Gasteiger partial charge in [0, 0.05) is 16.3 Å². The summed E-state index contributed by atoms with van der Waals surface area (Å²) in [6.07, 6.45) is 5.27. The zero-order valence-corrected chi connectivity index (χ0v) is 13.8. The van der Waals surface area contributed by atoms with Gasteiger partial charge >= 0.3 is 0 Å². The summed E-state index contributed by atoms with van der Waals surface area (Å²) in [5.74, 6) is 0. The van der Waals surface area contributed by atoms with E-state index in [2.05, 4.69) is 32.4 Å². The molecule has 0 saturated carbocycles. The van der Waals surface area contributed by atoms with Crippen molar-refractivity contribution >= 4 is 33.0 Å². The lowest BCUT2D eigenvalue weighted by Gasteiger charge is -2.09. The molecule has 0 amide bonds. The molecule has 2 aromatic heterocycles. The van der Waals surface area contributed by atoms with Crippen LogP contribution >= 0.6 is 27.3 Å². The van der Waals surface area contributed by atoms with Gasteiger partial charge in [-0.3, -0.25) is 4.79 Å². The van der Waals surface area contributed by atoms with Crippen LogP contribution in [0.25, 0.3) is 0 Å². The number of hydrogen-bond donors (Lipinski definition) is 2. The van der Waals surface area contributed by atoms with Crippen molar-refractivity contribution in [1.29, 1.82) is 0 Å². The first kappa shape index (κ1) is 14.7. The first-order valence-corrected chi connectivity index (χ1v) is 8.51. The molecule has 3 rings (SSSR count). The summed E-state index contributed by atoms with van der Waals surface area (Å²) < 4.78 is 1.70. The van der Waals surface area contributed by atoms with E-state index in [9.17, 15) is 4.79 Å². The highest BCUT2D eigenvalue weighted by molar-refractivity contribution is 9.10. The van der Waals surface area contributed by atoms with E-state index in [1.54, 1.807) is 6.20 Å². The van der Waals surface area contributed by atoms with E-state index in [-0.39, 0.29) is 18.7 Å². The van der Waals surface area contributed by atoms with Crippen molar-refractivity contribution < 1.29 is 5.11 Å². The number of aliphatic hydroxyl groups is 1. The monoisotopic (exact) mass is 369 g/mol. The Hall–Kier alpha value is -1.18. The summed E-state index contributed by atoms with van der Waals surface area (Å²) in [5, 5.41) is 16.2. The molecule has 5 nitrogen and oxygen atoms in total. The number of fused-ring (bicyclic) bond motifs is 1. The number of nitrogens with zero attached hydrogens (tertiary/aromatic N) is 2. The zero-order valence-electron chi connectivity index (χ0n) is 11.4. The summed E-state index contributed by atoms with van der Waals surface area (Å²) in [4.78, 5) is 14.8. The Balaban J connectivity index is 1.72. The molecule has 0 spiro atoms. The normalized spacial score (nSPS) is 13.4. The predicted molar refractivity (Wildman–Crippen MR) is 87.0 cm³/mol. The van der Waals surface area contributed by atoms with Gasteiger partial charge in [0.25, 0.3) is 5.56 Å². The van der Waals surface area contributed by atoms with Crippen molar-refractivity contribution in [3.8, 4) is 0 Å². The minimum absolute atomic E-state index is 0.104. The van der Waals surface area contributed by atoms with Crippen LogP contribution in [-0.2, 0) is 25.9 Å². The summed E-state index contributed by atoms with van der Waals surface area (Å²) in [6, 6.07) is 2.26. The van der Waals surface area contributed by atoms with Crippen molar-refractivity contribution in [2.24, 2.45) is 0 Å². The number of rotatable bonds is 5. The molecule has 1 aliphatic carbocycles. The maximum absolute atomic E-state index is 12.0. The minimum atomic E-state index is -0.234. The van der Waals surface area contributed by atoms with Crippen LogP contribution in [0.3, 0.4) is 0 Å². The summed E-state index contributed by atoms with van der Waals surface area (Å²) >= 11 is 5.15. The van der Waals surface area contributed by atoms with Crippen molar-refractivity contribution in [2.45, 2.75) is 32.4 Å². The fourth-order valence-corrected chi connectivity index (χ4v) is 4.15. The first-order valence-electron chi connectivity index (χ1n) is 6.90. The molecule has 2 aromatic rings. The maximum Gasteiger partial charge on any atom is 0.283 e. The molecule has 0 radical (unpaired) electrons. The lowest BCUT2D eigenvalue weighted by atomic mass is 10.2. The van der Waals surface area contributed by atoms with E-state index in [4.69, 9.17) is 5.11 Å². The van der Waals surface area contributed by atoms with Gasteiger partial charge in [-0.15, -0.1) is 11.3 Å². The molecule has 2 heterocycles. The number of anilines is 1. The fraction of sp³-hybridized carbons (Fsp3) is 0.429.